The Morgan fingerprint density at radius 3 is 2.71 bits per heavy atom. The van der Waals surface area contributed by atoms with E-state index >= 15 is 0 Å². The van der Waals surface area contributed by atoms with E-state index in [0.29, 0.717) is 18.7 Å². The Labute approximate surface area is 163 Å². The van der Waals surface area contributed by atoms with Crippen LogP contribution in [0.3, 0.4) is 0 Å². The Morgan fingerprint density at radius 1 is 1.18 bits per heavy atom. The summed E-state index contributed by atoms with van der Waals surface area (Å²) >= 11 is 0. The molecule has 3 aromatic rings. The lowest BCUT2D eigenvalue weighted by Gasteiger charge is -2.19. The molecule has 1 aliphatic heterocycles. The Kier molecular flexibility index (Phi) is 4.89. The molecule has 0 radical (unpaired) electrons. The summed E-state index contributed by atoms with van der Waals surface area (Å²) in [5.74, 6) is -0.168. The van der Waals surface area contributed by atoms with Crippen LogP contribution in [0.25, 0.3) is 0 Å². The van der Waals surface area contributed by atoms with Gasteiger partial charge in [0, 0.05) is 24.3 Å². The Hall–Kier alpha value is -3.48. The first-order valence-corrected chi connectivity index (χ1v) is 9.26. The van der Waals surface area contributed by atoms with Gasteiger partial charge in [0.05, 0.1) is 12.7 Å². The molecule has 1 saturated heterocycles. The maximum atomic E-state index is 12.5. The second-order valence-electron chi connectivity index (χ2n) is 6.89. The number of anilines is 2. The van der Waals surface area contributed by atoms with Crippen molar-refractivity contribution in [1.29, 1.82) is 0 Å². The molecule has 0 aliphatic carbocycles. The summed E-state index contributed by atoms with van der Waals surface area (Å²) < 4.78 is 1.64. The Bertz CT molecular complexity index is 1010. The lowest BCUT2D eigenvalue weighted by atomic mass is 10.1. The van der Waals surface area contributed by atoms with E-state index in [1.54, 1.807) is 21.8 Å². The third-order valence-corrected chi connectivity index (χ3v) is 4.78. The van der Waals surface area contributed by atoms with E-state index in [-0.39, 0.29) is 17.5 Å². The molecule has 0 spiro atoms. The molecule has 2 heterocycles. The molecule has 1 aromatic heterocycles. The lowest BCUT2D eigenvalue weighted by molar-refractivity contribution is -0.117. The molecule has 0 bridgehead atoms. The first-order valence-electron chi connectivity index (χ1n) is 9.26. The van der Waals surface area contributed by atoms with Crippen molar-refractivity contribution in [3.05, 3.63) is 71.5 Å². The monoisotopic (exact) mass is 375 g/mol. The van der Waals surface area contributed by atoms with Crippen molar-refractivity contribution in [2.24, 2.45) is 0 Å². The van der Waals surface area contributed by atoms with E-state index in [9.17, 15) is 9.59 Å². The van der Waals surface area contributed by atoms with Crippen LogP contribution in [0.2, 0.25) is 0 Å². The quantitative estimate of drug-likeness (QED) is 0.743. The van der Waals surface area contributed by atoms with E-state index in [2.05, 4.69) is 15.6 Å². The number of amides is 2. The minimum Gasteiger partial charge on any atom is -0.321 e. The van der Waals surface area contributed by atoms with E-state index in [0.717, 1.165) is 29.8 Å². The largest absolute Gasteiger partial charge is 0.321 e. The number of aromatic nitrogens is 3. The summed E-state index contributed by atoms with van der Waals surface area (Å²) in [5.41, 5.74) is 3.85. The molecule has 1 aliphatic rings. The van der Waals surface area contributed by atoms with Crippen LogP contribution in [0.15, 0.2) is 54.7 Å². The fourth-order valence-electron chi connectivity index (χ4n) is 3.38. The highest BCUT2D eigenvalue weighted by Crippen LogP contribution is 2.27. The van der Waals surface area contributed by atoms with Gasteiger partial charge in [0.1, 0.15) is 0 Å². The van der Waals surface area contributed by atoms with Gasteiger partial charge in [-0.15, -0.1) is 5.10 Å². The molecule has 2 amide bonds. The van der Waals surface area contributed by atoms with Crippen molar-refractivity contribution >= 4 is 23.2 Å². The van der Waals surface area contributed by atoms with Gasteiger partial charge in [-0.2, -0.15) is 0 Å². The number of nitrogens with one attached hydrogen (secondary N) is 1. The van der Waals surface area contributed by atoms with E-state index in [1.807, 2.05) is 49.4 Å². The SMILES string of the molecule is Cc1cc(NC(=O)c2cn(Cc3ccccc3)nn2)ccc1N1CCCC1=O. The zero-order valence-corrected chi connectivity index (χ0v) is 15.6. The standard InChI is InChI=1S/C21H21N5O2/c1-15-12-17(9-10-19(15)26-11-5-8-20(26)27)22-21(28)18-14-25(24-23-18)13-16-6-3-2-4-7-16/h2-4,6-7,9-10,12,14H,5,8,11,13H2,1H3,(H,22,28). The highest BCUT2D eigenvalue weighted by Gasteiger charge is 2.23. The molecule has 0 saturated carbocycles. The van der Waals surface area contributed by atoms with Gasteiger partial charge in [-0.25, -0.2) is 4.68 Å². The summed E-state index contributed by atoms with van der Waals surface area (Å²) in [4.78, 5) is 26.2. The van der Waals surface area contributed by atoms with Gasteiger partial charge in [-0.3, -0.25) is 9.59 Å². The molecule has 7 heteroatoms. The lowest BCUT2D eigenvalue weighted by Crippen LogP contribution is -2.24. The molecular weight excluding hydrogens is 354 g/mol. The van der Waals surface area contributed by atoms with Crippen LogP contribution in [0.5, 0.6) is 0 Å². The maximum Gasteiger partial charge on any atom is 0.277 e. The van der Waals surface area contributed by atoms with Gasteiger partial charge in [-0.1, -0.05) is 35.5 Å². The fourth-order valence-corrected chi connectivity index (χ4v) is 3.38. The first-order chi connectivity index (χ1) is 13.6. The number of rotatable bonds is 5. The van der Waals surface area contributed by atoms with Crippen LogP contribution in [0, 0.1) is 6.92 Å². The zero-order valence-electron chi connectivity index (χ0n) is 15.6. The van der Waals surface area contributed by atoms with Gasteiger partial charge in [0.25, 0.3) is 5.91 Å². The number of carbonyl (C=O) groups is 2. The van der Waals surface area contributed by atoms with Crippen LogP contribution in [0.4, 0.5) is 11.4 Å². The zero-order chi connectivity index (χ0) is 19.5. The summed E-state index contributed by atoms with van der Waals surface area (Å²) in [5, 5.41) is 10.8. The molecule has 28 heavy (non-hydrogen) atoms. The van der Waals surface area contributed by atoms with Crippen LogP contribution < -0.4 is 10.2 Å². The second kappa shape index (κ2) is 7.64. The highest BCUT2D eigenvalue weighted by atomic mass is 16.2. The van der Waals surface area contributed by atoms with Gasteiger partial charge in [0.15, 0.2) is 5.69 Å². The predicted octanol–water partition coefficient (Wildman–Crippen LogP) is 3.01. The minimum atomic E-state index is -0.316. The van der Waals surface area contributed by atoms with Crippen LogP contribution >= 0.6 is 0 Å². The number of hydrogen-bond acceptors (Lipinski definition) is 4. The third kappa shape index (κ3) is 3.78. The van der Waals surface area contributed by atoms with Gasteiger partial charge in [0.2, 0.25) is 5.91 Å². The molecule has 1 fully saturated rings. The van der Waals surface area contributed by atoms with Crippen molar-refractivity contribution < 1.29 is 9.59 Å². The van der Waals surface area contributed by atoms with Crippen molar-refractivity contribution in [2.75, 3.05) is 16.8 Å². The van der Waals surface area contributed by atoms with Gasteiger partial charge in [-0.05, 0) is 42.7 Å². The number of benzene rings is 2. The Morgan fingerprint density at radius 2 is 2.00 bits per heavy atom. The molecular formula is C21H21N5O2. The molecule has 7 nitrogen and oxygen atoms in total. The number of carbonyl (C=O) groups excluding carboxylic acids is 2. The second-order valence-corrected chi connectivity index (χ2v) is 6.89. The molecule has 4 rings (SSSR count). The van der Waals surface area contributed by atoms with Crippen molar-refractivity contribution in [2.45, 2.75) is 26.3 Å². The fraction of sp³-hybridized carbons (Fsp3) is 0.238. The normalized spacial score (nSPS) is 13.8. The van der Waals surface area contributed by atoms with Gasteiger partial charge < -0.3 is 10.2 Å². The topological polar surface area (TPSA) is 80.1 Å². The van der Waals surface area contributed by atoms with Crippen LogP contribution in [0.1, 0.15) is 34.5 Å². The summed E-state index contributed by atoms with van der Waals surface area (Å²) in [7, 11) is 0. The van der Waals surface area contributed by atoms with E-state index < -0.39 is 0 Å². The van der Waals surface area contributed by atoms with E-state index in [1.165, 1.54) is 0 Å². The number of aryl methyl sites for hydroxylation is 1. The number of nitrogens with zero attached hydrogens (tertiary/aromatic N) is 4. The molecule has 0 unspecified atom stereocenters. The average molecular weight is 375 g/mol. The maximum absolute atomic E-state index is 12.5. The minimum absolute atomic E-state index is 0.148. The summed E-state index contributed by atoms with van der Waals surface area (Å²) in [6.07, 6.45) is 3.11. The molecule has 142 valence electrons. The van der Waals surface area contributed by atoms with Crippen LogP contribution in [-0.4, -0.2) is 33.4 Å². The summed E-state index contributed by atoms with van der Waals surface area (Å²) in [6.45, 7) is 3.24. The number of hydrogen-bond donors (Lipinski definition) is 1. The third-order valence-electron chi connectivity index (χ3n) is 4.78. The van der Waals surface area contributed by atoms with Crippen molar-refractivity contribution in [3.63, 3.8) is 0 Å². The van der Waals surface area contributed by atoms with E-state index in [4.69, 9.17) is 0 Å². The van der Waals surface area contributed by atoms with Crippen LogP contribution in [-0.2, 0) is 11.3 Å². The molecule has 0 atom stereocenters. The first kappa shape index (κ1) is 17.9. The smallest absolute Gasteiger partial charge is 0.277 e. The van der Waals surface area contributed by atoms with Gasteiger partial charge >= 0.3 is 0 Å². The highest BCUT2D eigenvalue weighted by molar-refractivity contribution is 6.03. The molecule has 2 aromatic carbocycles. The Balaban J connectivity index is 1.44. The summed E-state index contributed by atoms with van der Waals surface area (Å²) in [6, 6.07) is 15.4. The molecule has 1 N–H and O–H groups in total. The van der Waals surface area contributed by atoms with Crippen molar-refractivity contribution in [1.82, 2.24) is 15.0 Å². The predicted molar refractivity (Wildman–Crippen MR) is 106 cm³/mol. The van der Waals surface area contributed by atoms with Crippen molar-refractivity contribution in [3.8, 4) is 0 Å². The average Bonchev–Trinajstić information content (AvgIpc) is 3.32.